The van der Waals surface area contributed by atoms with E-state index in [0.717, 1.165) is 6.08 Å². The van der Waals surface area contributed by atoms with Crippen molar-refractivity contribution in [2.75, 3.05) is 13.1 Å². The minimum absolute atomic E-state index is 0.328. The molecule has 0 spiro atoms. The Bertz CT molecular complexity index is 202. The zero-order chi connectivity index (χ0) is 8.54. The predicted molar refractivity (Wildman–Crippen MR) is 29.8 cm³/mol. The molecule has 1 aliphatic heterocycles. The van der Waals surface area contributed by atoms with Crippen LogP contribution in [0.15, 0.2) is 4.99 Å². The van der Waals surface area contributed by atoms with E-state index < -0.39 is 11.7 Å². The van der Waals surface area contributed by atoms with E-state index in [0.29, 0.717) is 0 Å². The summed E-state index contributed by atoms with van der Waals surface area (Å²) in [4.78, 5) is 12.4. The van der Waals surface area contributed by atoms with Crippen molar-refractivity contribution in [3.63, 3.8) is 0 Å². The van der Waals surface area contributed by atoms with Crippen LogP contribution in [0.1, 0.15) is 0 Å². The van der Waals surface area contributed by atoms with Crippen LogP contribution in [0.25, 0.3) is 0 Å². The summed E-state index contributed by atoms with van der Waals surface area (Å²) in [5, 5.41) is 2.40. The Morgan fingerprint density at radius 2 is 2.00 bits per heavy atom. The highest BCUT2D eigenvalue weighted by Crippen LogP contribution is 2.36. The van der Waals surface area contributed by atoms with Crippen LogP contribution in [-0.2, 0) is 4.79 Å². The highest BCUT2D eigenvalue weighted by molar-refractivity contribution is 5.36. The number of isocyanates is 1. The molecule has 0 saturated carbocycles. The molecule has 0 aromatic rings. The van der Waals surface area contributed by atoms with Gasteiger partial charge in [-0.2, -0.15) is 18.2 Å². The molecule has 0 radical (unpaired) electrons. The first-order valence-electron chi connectivity index (χ1n) is 2.88. The summed E-state index contributed by atoms with van der Waals surface area (Å²) >= 11 is 0. The van der Waals surface area contributed by atoms with Gasteiger partial charge in [0.2, 0.25) is 6.08 Å². The Morgan fingerprint density at radius 1 is 1.45 bits per heavy atom. The largest absolute Gasteiger partial charge is 0.416 e. The SMILES string of the molecule is O=C=NC1(C(F)(F)F)CNC1. The molecule has 1 N–H and O–H groups in total. The number of aliphatic imine (C=N–C) groups is 1. The summed E-state index contributed by atoms with van der Waals surface area (Å²) < 4.78 is 36.1. The minimum atomic E-state index is -4.45. The van der Waals surface area contributed by atoms with Crippen LogP contribution < -0.4 is 5.32 Å². The van der Waals surface area contributed by atoms with Crippen molar-refractivity contribution in [1.82, 2.24) is 5.32 Å². The number of nitrogens with zero attached hydrogens (tertiary/aromatic N) is 1. The Hall–Kier alpha value is -0.870. The van der Waals surface area contributed by atoms with Crippen LogP contribution in [0.5, 0.6) is 0 Å². The van der Waals surface area contributed by atoms with Gasteiger partial charge < -0.3 is 5.32 Å². The molecule has 1 rings (SSSR count). The molecule has 0 bridgehead atoms. The Balaban J connectivity index is 2.84. The lowest BCUT2D eigenvalue weighted by molar-refractivity contribution is -0.196. The number of carbonyl (C=O) groups excluding carboxylic acids is 1. The van der Waals surface area contributed by atoms with Crippen LogP contribution in [0.3, 0.4) is 0 Å². The molecule has 3 nitrogen and oxygen atoms in total. The maximum Gasteiger partial charge on any atom is 0.416 e. The van der Waals surface area contributed by atoms with Gasteiger partial charge in [0.15, 0.2) is 5.54 Å². The summed E-state index contributed by atoms with van der Waals surface area (Å²) in [5.74, 6) is 0. The van der Waals surface area contributed by atoms with E-state index in [1.807, 2.05) is 0 Å². The molecule has 0 aromatic carbocycles. The Labute approximate surface area is 60.3 Å². The summed E-state index contributed by atoms with van der Waals surface area (Å²) in [6, 6.07) is 0. The molecule has 11 heavy (non-hydrogen) atoms. The molecule has 1 aliphatic rings. The van der Waals surface area contributed by atoms with Crippen molar-refractivity contribution in [3.05, 3.63) is 0 Å². The van der Waals surface area contributed by atoms with Crippen molar-refractivity contribution < 1.29 is 18.0 Å². The first-order chi connectivity index (χ1) is 5.02. The van der Waals surface area contributed by atoms with Crippen LogP contribution in [0.4, 0.5) is 13.2 Å². The highest BCUT2D eigenvalue weighted by Gasteiger charge is 2.59. The fraction of sp³-hybridized carbons (Fsp3) is 0.800. The van der Waals surface area contributed by atoms with Crippen LogP contribution in [0, 0.1) is 0 Å². The summed E-state index contributed by atoms with van der Waals surface area (Å²) in [5.41, 5.74) is -2.20. The molecular formula is C5H5F3N2O. The van der Waals surface area contributed by atoms with Gasteiger partial charge in [-0.1, -0.05) is 0 Å². The van der Waals surface area contributed by atoms with E-state index in [1.165, 1.54) is 0 Å². The molecule has 62 valence electrons. The van der Waals surface area contributed by atoms with Gasteiger partial charge in [0.1, 0.15) is 0 Å². The molecular weight excluding hydrogens is 161 g/mol. The fourth-order valence-corrected chi connectivity index (χ4v) is 0.792. The van der Waals surface area contributed by atoms with Crippen molar-refractivity contribution in [2.24, 2.45) is 4.99 Å². The van der Waals surface area contributed by atoms with Crippen molar-refractivity contribution in [3.8, 4) is 0 Å². The molecule has 0 aromatic heterocycles. The standard InChI is InChI=1S/C5H5F3N2O/c6-5(7,8)4(10-3-11)1-9-2-4/h9H,1-2H2. The Morgan fingerprint density at radius 3 is 2.09 bits per heavy atom. The first-order valence-corrected chi connectivity index (χ1v) is 2.88. The number of nitrogens with one attached hydrogen (secondary N) is 1. The average Bonchev–Trinajstić information content (AvgIpc) is 1.75. The second-order valence-corrected chi connectivity index (χ2v) is 2.34. The topological polar surface area (TPSA) is 41.5 Å². The molecule has 0 aliphatic carbocycles. The van der Waals surface area contributed by atoms with Crippen LogP contribution in [-0.4, -0.2) is 30.9 Å². The third kappa shape index (κ3) is 1.15. The van der Waals surface area contributed by atoms with E-state index in [1.54, 1.807) is 0 Å². The van der Waals surface area contributed by atoms with Crippen molar-refractivity contribution >= 4 is 6.08 Å². The van der Waals surface area contributed by atoms with E-state index in [9.17, 15) is 18.0 Å². The zero-order valence-electron chi connectivity index (χ0n) is 5.40. The fourth-order valence-electron chi connectivity index (χ4n) is 0.792. The van der Waals surface area contributed by atoms with Gasteiger partial charge >= 0.3 is 6.18 Å². The normalized spacial score (nSPS) is 21.7. The molecule has 1 fully saturated rings. The van der Waals surface area contributed by atoms with Gasteiger partial charge in [-0.3, -0.25) is 0 Å². The van der Waals surface area contributed by atoms with Crippen molar-refractivity contribution in [2.45, 2.75) is 11.7 Å². The molecule has 0 unspecified atom stereocenters. The summed E-state index contributed by atoms with van der Waals surface area (Å²) in [6.07, 6.45) is -3.52. The second-order valence-electron chi connectivity index (χ2n) is 2.34. The molecule has 1 heterocycles. The van der Waals surface area contributed by atoms with E-state index in [2.05, 4.69) is 10.3 Å². The van der Waals surface area contributed by atoms with E-state index >= 15 is 0 Å². The average molecular weight is 166 g/mol. The molecule has 0 amide bonds. The molecule has 1 saturated heterocycles. The minimum Gasteiger partial charge on any atom is -0.311 e. The van der Waals surface area contributed by atoms with Gasteiger partial charge in [0.25, 0.3) is 0 Å². The van der Waals surface area contributed by atoms with Gasteiger partial charge in [-0.05, 0) is 0 Å². The van der Waals surface area contributed by atoms with Gasteiger partial charge in [0.05, 0.1) is 0 Å². The quantitative estimate of drug-likeness (QED) is 0.447. The second kappa shape index (κ2) is 2.32. The lowest BCUT2D eigenvalue weighted by atomic mass is 9.93. The zero-order valence-corrected chi connectivity index (χ0v) is 5.40. The van der Waals surface area contributed by atoms with Crippen LogP contribution in [0.2, 0.25) is 0 Å². The number of hydrogen-bond donors (Lipinski definition) is 1. The van der Waals surface area contributed by atoms with E-state index in [-0.39, 0.29) is 13.1 Å². The number of rotatable bonds is 1. The van der Waals surface area contributed by atoms with Gasteiger partial charge in [-0.15, -0.1) is 0 Å². The van der Waals surface area contributed by atoms with Crippen LogP contribution >= 0.6 is 0 Å². The lowest BCUT2D eigenvalue weighted by Gasteiger charge is -2.38. The smallest absolute Gasteiger partial charge is 0.311 e. The number of halogens is 3. The van der Waals surface area contributed by atoms with E-state index in [4.69, 9.17) is 0 Å². The monoisotopic (exact) mass is 166 g/mol. The maximum absolute atomic E-state index is 12.0. The summed E-state index contributed by atoms with van der Waals surface area (Å²) in [7, 11) is 0. The van der Waals surface area contributed by atoms with Crippen molar-refractivity contribution in [1.29, 1.82) is 0 Å². The molecule has 6 heteroatoms. The summed E-state index contributed by atoms with van der Waals surface area (Å²) in [6.45, 7) is -0.655. The molecule has 0 atom stereocenters. The van der Waals surface area contributed by atoms with Gasteiger partial charge in [0, 0.05) is 13.1 Å². The third-order valence-electron chi connectivity index (χ3n) is 1.62. The number of hydrogen-bond acceptors (Lipinski definition) is 3. The Kier molecular flexibility index (Phi) is 1.74. The highest BCUT2D eigenvalue weighted by atomic mass is 19.4. The maximum atomic E-state index is 12.0. The lowest BCUT2D eigenvalue weighted by Crippen LogP contribution is -2.66. The van der Waals surface area contributed by atoms with Gasteiger partial charge in [-0.25, -0.2) is 4.79 Å². The third-order valence-corrected chi connectivity index (χ3v) is 1.62. The first kappa shape index (κ1) is 8.23. The predicted octanol–water partition coefficient (Wildman–Crippen LogP) is 0.227. The number of alkyl halides is 3.